The second-order valence-corrected chi connectivity index (χ2v) is 2.28. The first-order valence-electron chi connectivity index (χ1n) is 2.24. The summed E-state index contributed by atoms with van der Waals surface area (Å²) < 4.78 is 0. The van der Waals surface area contributed by atoms with Crippen molar-refractivity contribution >= 4 is 29.8 Å². The van der Waals surface area contributed by atoms with E-state index in [0.717, 1.165) is 0 Å². The molecule has 0 amide bonds. The van der Waals surface area contributed by atoms with Crippen LogP contribution in [-0.4, -0.2) is 11.3 Å². The van der Waals surface area contributed by atoms with Gasteiger partial charge in [0, 0.05) is 0 Å². The zero-order valence-corrected chi connectivity index (χ0v) is 7.72. The molecule has 0 rings (SSSR count). The number of halogens is 1. The fraction of sp³-hybridized carbons (Fsp3) is 0.800. The molecule has 0 radical (unpaired) electrons. The molecule has 0 aromatic heterocycles. The van der Waals surface area contributed by atoms with Gasteiger partial charge in [-0.1, -0.05) is 0 Å². The van der Waals surface area contributed by atoms with E-state index >= 15 is 0 Å². The summed E-state index contributed by atoms with van der Waals surface area (Å²) in [5.41, 5.74) is 4.69. The monoisotopic (exact) mass is 229 g/mol. The molecule has 0 fully saturated rings. The first-order chi connectivity index (χ1) is 2.94. The molecule has 0 heterocycles. The van der Waals surface area contributed by atoms with Gasteiger partial charge in [-0.3, -0.25) is 4.79 Å². The largest absolute Gasteiger partial charge is 0.319 e. The highest BCUT2D eigenvalue weighted by atomic mass is 127. The number of hydrogen-bond donors (Lipinski definition) is 1. The molecular weight excluding hydrogens is 217 g/mol. The number of carbonyl (C=O) groups excluding carboxylic acids is 1. The first-order valence-corrected chi connectivity index (χ1v) is 2.24. The summed E-state index contributed by atoms with van der Waals surface area (Å²) >= 11 is 0. The second kappa shape index (κ2) is 3.40. The third kappa shape index (κ3) is 4.52. The zero-order valence-electron chi connectivity index (χ0n) is 5.39. The van der Waals surface area contributed by atoms with E-state index in [9.17, 15) is 4.79 Å². The van der Waals surface area contributed by atoms with E-state index in [1.54, 1.807) is 13.8 Å². The van der Waals surface area contributed by atoms with Crippen LogP contribution in [0.4, 0.5) is 0 Å². The first kappa shape index (κ1) is 11.2. The zero-order chi connectivity index (χ0) is 6.08. The maximum absolute atomic E-state index is 10.3. The van der Waals surface area contributed by atoms with Gasteiger partial charge in [-0.15, -0.1) is 24.0 Å². The van der Waals surface area contributed by atoms with Crippen molar-refractivity contribution in [2.45, 2.75) is 26.3 Å². The summed E-state index contributed by atoms with van der Waals surface area (Å²) in [5.74, 6) is 0.0208. The quantitative estimate of drug-likeness (QED) is 0.679. The van der Waals surface area contributed by atoms with Crippen molar-refractivity contribution in [3.05, 3.63) is 0 Å². The van der Waals surface area contributed by atoms with Crippen LogP contribution in [0.3, 0.4) is 0 Å². The molecule has 0 aliphatic heterocycles. The predicted molar refractivity (Wildman–Crippen MR) is 44.4 cm³/mol. The topological polar surface area (TPSA) is 43.1 Å². The van der Waals surface area contributed by atoms with E-state index in [1.807, 2.05) is 0 Å². The maximum Gasteiger partial charge on any atom is 0.149 e. The van der Waals surface area contributed by atoms with Gasteiger partial charge in [0.05, 0.1) is 5.54 Å². The molecule has 0 aliphatic carbocycles. The van der Waals surface area contributed by atoms with Crippen LogP contribution in [0.25, 0.3) is 0 Å². The van der Waals surface area contributed by atoms with Crippen LogP contribution in [-0.2, 0) is 4.79 Å². The minimum Gasteiger partial charge on any atom is -0.319 e. The molecule has 0 aliphatic rings. The van der Waals surface area contributed by atoms with Crippen molar-refractivity contribution in [3.8, 4) is 0 Å². The maximum atomic E-state index is 10.3. The van der Waals surface area contributed by atoms with Crippen molar-refractivity contribution in [2.75, 3.05) is 0 Å². The van der Waals surface area contributed by atoms with E-state index in [2.05, 4.69) is 0 Å². The standard InChI is InChI=1S/C5H11NO.HI/c1-4(7)5(2,3)6;/h6H2,1-3H3;1H. The second-order valence-electron chi connectivity index (χ2n) is 2.28. The van der Waals surface area contributed by atoms with E-state index in [1.165, 1.54) is 6.92 Å². The summed E-state index contributed by atoms with van der Waals surface area (Å²) in [6.45, 7) is 4.87. The Kier molecular flexibility index (Phi) is 4.76. The summed E-state index contributed by atoms with van der Waals surface area (Å²) in [5, 5.41) is 0. The van der Waals surface area contributed by atoms with Gasteiger partial charge in [-0.05, 0) is 20.8 Å². The van der Waals surface area contributed by atoms with Gasteiger partial charge in [-0.25, -0.2) is 0 Å². The Morgan fingerprint density at radius 2 is 1.62 bits per heavy atom. The third-order valence-electron chi connectivity index (χ3n) is 0.907. The third-order valence-corrected chi connectivity index (χ3v) is 0.907. The van der Waals surface area contributed by atoms with Crippen LogP contribution >= 0.6 is 24.0 Å². The van der Waals surface area contributed by atoms with E-state index < -0.39 is 5.54 Å². The van der Waals surface area contributed by atoms with Gasteiger partial charge in [-0.2, -0.15) is 0 Å². The molecule has 0 saturated heterocycles. The van der Waals surface area contributed by atoms with Crippen LogP contribution < -0.4 is 5.73 Å². The molecule has 50 valence electrons. The van der Waals surface area contributed by atoms with Gasteiger partial charge < -0.3 is 5.73 Å². The summed E-state index contributed by atoms with van der Waals surface area (Å²) in [6, 6.07) is 0. The Bertz CT molecular complexity index is 84.9. The Labute approximate surface area is 66.8 Å². The van der Waals surface area contributed by atoms with Crippen LogP contribution in [0, 0.1) is 0 Å². The number of ketones is 1. The molecule has 3 heteroatoms. The highest BCUT2D eigenvalue weighted by Crippen LogP contribution is 1.95. The SMILES string of the molecule is CC(=O)C(C)(C)N.I. The fourth-order valence-electron chi connectivity index (χ4n) is 0. The van der Waals surface area contributed by atoms with Crippen molar-refractivity contribution in [2.24, 2.45) is 5.73 Å². The van der Waals surface area contributed by atoms with Gasteiger partial charge in [0.1, 0.15) is 5.78 Å². The van der Waals surface area contributed by atoms with Gasteiger partial charge in [0.25, 0.3) is 0 Å². The molecule has 0 atom stereocenters. The molecule has 0 spiro atoms. The summed E-state index contributed by atoms with van der Waals surface area (Å²) in [6.07, 6.45) is 0. The Morgan fingerprint density at radius 3 is 1.62 bits per heavy atom. The van der Waals surface area contributed by atoms with Crippen LogP contribution in [0.5, 0.6) is 0 Å². The van der Waals surface area contributed by atoms with Gasteiger partial charge in [0.2, 0.25) is 0 Å². The van der Waals surface area contributed by atoms with Gasteiger partial charge >= 0.3 is 0 Å². The van der Waals surface area contributed by atoms with Crippen LogP contribution in [0.15, 0.2) is 0 Å². The van der Waals surface area contributed by atoms with Crippen molar-refractivity contribution in [1.29, 1.82) is 0 Å². The number of rotatable bonds is 1. The Morgan fingerprint density at radius 1 is 1.50 bits per heavy atom. The average Bonchev–Trinajstić information content (AvgIpc) is 1.31. The highest BCUT2D eigenvalue weighted by Gasteiger charge is 2.15. The Hall–Kier alpha value is 0.360. The van der Waals surface area contributed by atoms with Crippen molar-refractivity contribution in [3.63, 3.8) is 0 Å². The number of carbonyl (C=O) groups is 1. The number of nitrogens with two attached hydrogens (primary N) is 1. The van der Waals surface area contributed by atoms with Crippen molar-refractivity contribution < 1.29 is 4.79 Å². The predicted octanol–water partition coefficient (Wildman–Crippen LogP) is 0.931. The molecule has 0 aromatic rings. The van der Waals surface area contributed by atoms with Gasteiger partial charge in [0.15, 0.2) is 0 Å². The lowest BCUT2D eigenvalue weighted by molar-refractivity contribution is -0.120. The van der Waals surface area contributed by atoms with E-state index in [0.29, 0.717) is 0 Å². The molecule has 0 saturated carbocycles. The highest BCUT2D eigenvalue weighted by molar-refractivity contribution is 14.0. The van der Waals surface area contributed by atoms with Crippen LogP contribution in [0.2, 0.25) is 0 Å². The lowest BCUT2D eigenvalue weighted by atomic mass is 10.0. The molecule has 0 aromatic carbocycles. The van der Waals surface area contributed by atoms with Crippen molar-refractivity contribution in [1.82, 2.24) is 0 Å². The molecule has 0 bridgehead atoms. The minimum absolute atomic E-state index is 0. The molecule has 8 heavy (non-hydrogen) atoms. The van der Waals surface area contributed by atoms with E-state index in [-0.39, 0.29) is 29.8 Å². The lowest BCUT2D eigenvalue weighted by Crippen LogP contribution is -2.39. The normalized spacial score (nSPS) is 10.0. The Balaban J connectivity index is 0. The summed E-state index contributed by atoms with van der Waals surface area (Å²) in [7, 11) is 0. The van der Waals surface area contributed by atoms with E-state index in [4.69, 9.17) is 5.73 Å². The summed E-state index contributed by atoms with van der Waals surface area (Å²) in [4.78, 5) is 10.3. The molecule has 0 unspecified atom stereocenters. The molecular formula is C5H12INO. The molecule has 2 nitrogen and oxygen atoms in total. The minimum atomic E-state index is -0.639. The number of Topliss-reactive ketones (excluding diaryl/α,β-unsaturated/α-hetero) is 1. The van der Waals surface area contributed by atoms with Crippen LogP contribution in [0.1, 0.15) is 20.8 Å². The average molecular weight is 229 g/mol. The number of hydrogen-bond acceptors (Lipinski definition) is 2. The lowest BCUT2D eigenvalue weighted by Gasteiger charge is -2.11. The molecule has 2 N–H and O–H groups in total. The smallest absolute Gasteiger partial charge is 0.149 e. The fourth-order valence-corrected chi connectivity index (χ4v) is 0.